The van der Waals surface area contributed by atoms with Crippen molar-refractivity contribution in [3.63, 3.8) is 0 Å². The van der Waals surface area contributed by atoms with Gasteiger partial charge < -0.3 is 0 Å². The Hall–Kier alpha value is -1.03. The molecule has 2 atom stereocenters. The van der Waals surface area contributed by atoms with Crippen molar-refractivity contribution in [2.24, 2.45) is 11.8 Å². The van der Waals surface area contributed by atoms with E-state index in [9.17, 15) is 4.79 Å². The van der Waals surface area contributed by atoms with Crippen LogP contribution in [-0.4, -0.2) is 5.78 Å². The molecular formula is C14H20O. The molecule has 0 bridgehead atoms. The number of hydrogen-bond acceptors (Lipinski definition) is 1. The van der Waals surface area contributed by atoms with E-state index in [1.807, 2.05) is 0 Å². The van der Waals surface area contributed by atoms with Crippen molar-refractivity contribution in [1.29, 1.82) is 0 Å². The van der Waals surface area contributed by atoms with Crippen molar-refractivity contribution in [3.05, 3.63) is 12.2 Å². The summed E-state index contributed by atoms with van der Waals surface area (Å²) in [5.74, 6) is 7.28. The van der Waals surface area contributed by atoms with Crippen LogP contribution >= 0.6 is 0 Å². The monoisotopic (exact) mass is 204 g/mol. The van der Waals surface area contributed by atoms with Gasteiger partial charge in [0, 0.05) is 25.2 Å². The highest BCUT2D eigenvalue weighted by molar-refractivity contribution is 5.88. The summed E-state index contributed by atoms with van der Waals surface area (Å²) in [6, 6.07) is 0. The molecule has 1 saturated carbocycles. The smallest absolute Gasteiger partial charge is 0.138 e. The molecular weight excluding hydrogens is 184 g/mol. The van der Waals surface area contributed by atoms with E-state index in [-0.39, 0.29) is 5.92 Å². The van der Waals surface area contributed by atoms with Crippen LogP contribution in [0.2, 0.25) is 0 Å². The van der Waals surface area contributed by atoms with Crippen LogP contribution < -0.4 is 0 Å². The number of hydrogen-bond donors (Lipinski definition) is 0. The first kappa shape index (κ1) is 12.0. The molecule has 82 valence electrons. The second kappa shape index (κ2) is 6.45. The second-order valence-corrected chi connectivity index (χ2v) is 4.08. The van der Waals surface area contributed by atoms with Crippen LogP contribution in [0.4, 0.5) is 0 Å². The molecule has 0 spiro atoms. The van der Waals surface area contributed by atoms with Crippen molar-refractivity contribution in [1.82, 2.24) is 0 Å². The molecule has 1 aliphatic carbocycles. The maximum atomic E-state index is 11.4. The molecule has 1 aliphatic rings. The van der Waals surface area contributed by atoms with E-state index < -0.39 is 0 Å². The molecule has 2 unspecified atom stereocenters. The molecule has 1 heteroatoms. The van der Waals surface area contributed by atoms with E-state index in [1.54, 1.807) is 0 Å². The summed E-state index contributed by atoms with van der Waals surface area (Å²) in [5, 5.41) is 0. The first-order valence-electron chi connectivity index (χ1n) is 5.94. The summed E-state index contributed by atoms with van der Waals surface area (Å²) in [7, 11) is 0. The maximum absolute atomic E-state index is 11.4. The van der Waals surface area contributed by atoms with Gasteiger partial charge in [-0.15, -0.1) is 11.8 Å². The van der Waals surface area contributed by atoms with E-state index in [1.165, 1.54) is 0 Å². The lowest BCUT2D eigenvalue weighted by Gasteiger charge is -2.31. The molecule has 0 saturated heterocycles. The molecule has 0 amide bonds. The van der Waals surface area contributed by atoms with E-state index in [4.69, 9.17) is 0 Å². The molecule has 1 fully saturated rings. The van der Waals surface area contributed by atoms with Gasteiger partial charge in [-0.1, -0.05) is 26.0 Å². The predicted molar refractivity (Wildman–Crippen MR) is 63.3 cm³/mol. The zero-order valence-electron chi connectivity index (χ0n) is 9.75. The second-order valence-electron chi connectivity index (χ2n) is 4.08. The lowest BCUT2D eigenvalue weighted by Crippen LogP contribution is -2.35. The normalized spacial score (nSPS) is 24.8. The fraction of sp³-hybridized carbons (Fsp3) is 0.643. The molecule has 15 heavy (non-hydrogen) atoms. The van der Waals surface area contributed by atoms with E-state index in [0.717, 1.165) is 32.1 Å². The highest BCUT2D eigenvalue weighted by Gasteiger charge is 2.36. The lowest BCUT2D eigenvalue weighted by atomic mass is 9.70. The molecule has 1 nitrogen and oxygen atoms in total. The summed E-state index contributed by atoms with van der Waals surface area (Å²) < 4.78 is 0. The Morgan fingerprint density at radius 3 is 2.80 bits per heavy atom. The van der Waals surface area contributed by atoms with Crippen molar-refractivity contribution < 1.29 is 4.79 Å². The summed E-state index contributed by atoms with van der Waals surface area (Å²) in [6.45, 7) is 4.24. The third-order valence-corrected chi connectivity index (χ3v) is 2.81. The Labute approximate surface area is 92.9 Å². The van der Waals surface area contributed by atoms with Crippen molar-refractivity contribution in [2.45, 2.75) is 46.0 Å². The number of rotatable bonds is 4. The van der Waals surface area contributed by atoms with Crippen molar-refractivity contribution >= 4 is 5.78 Å². The van der Waals surface area contributed by atoms with Crippen LogP contribution in [-0.2, 0) is 4.79 Å². The van der Waals surface area contributed by atoms with E-state index in [2.05, 4.69) is 37.8 Å². The summed E-state index contributed by atoms with van der Waals surface area (Å²) >= 11 is 0. The molecule has 0 radical (unpaired) electrons. The molecule has 1 rings (SSSR count). The van der Waals surface area contributed by atoms with E-state index in [0.29, 0.717) is 11.7 Å². The number of carbonyl (C=O) groups excluding carboxylic acids is 1. The zero-order chi connectivity index (χ0) is 11.1. The highest BCUT2D eigenvalue weighted by Crippen LogP contribution is 2.34. The van der Waals surface area contributed by atoms with Gasteiger partial charge >= 0.3 is 0 Å². The number of Topliss-reactive ketones (excluding diaryl/α,β-unsaturated/α-hetero) is 1. The highest BCUT2D eigenvalue weighted by atomic mass is 16.1. The topological polar surface area (TPSA) is 17.1 Å². The van der Waals surface area contributed by atoms with Crippen LogP contribution in [0.5, 0.6) is 0 Å². The molecule has 0 N–H and O–H groups in total. The molecule has 0 aromatic rings. The average Bonchev–Trinajstić information content (AvgIpc) is 2.23. The first-order chi connectivity index (χ1) is 7.29. The predicted octanol–water partition coefficient (Wildman–Crippen LogP) is 3.35. The molecule has 0 heterocycles. The van der Waals surface area contributed by atoms with Gasteiger partial charge in [0.05, 0.1) is 0 Å². The summed E-state index contributed by atoms with van der Waals surface area (Å²) in [6.07, 6.45) is 8.95. The number of carbonyl (C=O) groups is 1. The van der Waals surface area contributed by atoms with Crippen LogP contribution in [0.15, 0.2) is 12.2 Å². The average molecular weight is 204 g/mol. The summed E-state index contributed by atoms with van der Waals surface area (Å²) in [4.78, 5) is 11.4. The maximum Gasteiger partial charge on any atom is 0.138 e. The van der Waals surface area contributed by atoms with Gasteiger partial charge in [0.2, 0.25) is 0 Å². The standard InChI is InChI=1S/C14H20O/c1-3-5-7-8-10-13-12(9-6-4-2)11-14(13)15/h6,9,12-13H,3-5,10-11H2,1-2H3. The molecule has 0 aliphatic heterocycles. The SMILES string of the molecule is CCC=CC1CC(=O)C1CC#CCCC. The number of ketones is 1. The number of unbranched alkanes of at least 4 members (excludes halogenated alkanes) is 1. The Morgan fingerprint density at radius 2 is 2.20 bits per heavy atom. The van der Waals surface area contributed by atoms with E-state index >= 15 is 0 Å². The van der Waals surface area contributed by atoms with Gasteiger partial charge in [-0.3, -0.25) is 4.79 Å². The third kappa shape index (κ3) is 3.55. The first-order valence-corrected chi connectivity index (χ1v) is 5.94. The minimum absolute atomic E-state index is 0.192. The van der Waals surface area contributed by atoms with Gasteiger partial charge in [0.1, 0.15) is 5.78 Å². The Balaban J connectivity index is 2.36. The van der Waals surface area contributed by atoms with Crippen LogP contribution in [0.3, 0.4) is 0 Å². The van der Waals surface area contributed by atoms with Gasteiger partial charge in [-0.25, -0.2) is 0 Å². The van der Waals surface area contributed by atoms with Crippen LogP contribution in [0, 0.1) is 23.7 Å². The largest absolute Gasteiger partial charge is 0.299 e. The Morgan fingerprint density at radius 1 is 1.40 bits per heavy atom. The van der Waals surface area contributed by atoms with Gasteiger partial charge in [0.25, 0.3) is 0 Å². The van der Waals surface area contributed by atoms with Crippen molar-refractivity contribution in [2.75, 3.05) is 0 Å². The quantitative estimate of drug-likeness (QED) is 0.507. The minimum Gasteiger partial charge on any atom is -0.299 e. The van der Waals surface area contributed by atoms with Crippen LogP contribution in [0.25, 0.3) is 0 Å². The lowest BCUT2D eigenvalue weighted by molar-refractivity contribution is -0.131. The van der Waals surface area contributed by atoms with Gasteiger partial charge in [0.15, 0.2) is 0 Å². The number of allylic oxidation sites excluding steroid dienone is 2. The zero-order valence-corrected chi connectivity index (χ0v) is 9.75. The molecule has 0 aromatic heterocycles. The third-order valence-electron chi connectivity index (χ3n) is 2.81. The van der Waals surface area contributed by atoms with Crippen molar-refractivity contribution in [3.8, 4) is 11.8 Å². The van der Waals surface area contributed by atoms with Crippen LogP contribution in [0.1, 0.15) is 46.0 Å². The molecule has 0 aromatic carbocycles. The summed E-state index contributed by atoms with van der Waals surface area (Å²) in [5.41, 5.74) is 0. The Kier molecular flexibility index (Phi) is 5.18. The van der Waals surface area contributed by atoms with Gasteiger partial charge in [-0.2, -0.15) is 0 Å². The fourth-order valence-corrected chi connectivity index (χ4v) is 1.78. The minimum atomic E-state index is 0.192. The Bertz CT molecular complexity index is 290. The fourth-order valence-electron chi connectivity index (χ4n) is 1.78. The van der Waals surface area contributed by atoms with Gasteiger partial charge in [-0.05, 0) is 18.8 Å².